The predicted octanol–water partition coefficient (Wildman–Crippen LogP) is 3.06. The molecule has 6 nitrogen and oxygen atoms in total. The molecular weight excluding hydrogens is 404 g/mol. The molecule has 2 aromatic rings. The van der Waals surface area contributed by atoms with Gasteiger partial charge in [0.2, 0.25) is 5.91 Å². The van der Waals surface area contributed by atoms with Crippen LogP contribution in [0.5, 0.6) is 5.75 Å². The normalized spacial score (nSPS) is 21.5. The molecule has 2 fully saturated rings. The van der Waals surface area contributed by atoms with Crippen LogP contribution in [0.4, 0.5) is 0 Å². The summed E-state index contributed by atoms with van der Waals surface area (Å²) in [7, 11) is 1.62. The SMILES string of the molecule is COc1cccc([C@H]2CN(C(=O)c3cccc(Cl)c3)C[C@H]2C(=O)N2CCOCC2)c1. The first-order chi connectivity index (χ1) is 14.6. The van der Waals surface area contributed by atoms with E-state index in [0.29, 0.717) is 50.0 Å². The summed E-state index contributed by atoms with van der Waals surface area (Å²) in [4.78, 5) is 30.1. The van der Waals surface area contributed by atoms with Crippen molar-refractivity contribution in [2.75, 3.05) is 46.5 Å². The van der Waals surface area contributed by atoms with Gasteiger partial charge in [-0.1, -0.05) is 29.8 Å². The Bertz CT molecular complexity index is 929. The maximum atomic E-state index is 13.4. The smallest absolute Gasteiger partial charge is 0.253 e. The van der Waals surface area contributed by atoms with Crippen molar-refractivity contribution in [2.24, 2.45) is 5.92 Å². The fourth-order valence-corrected chi connectivity index (χ4v) is 4.44. The van der Waals surface area contributed by atoms with E-state index < -0.39 is 0 Å². The largest absolute Gasteiger partial charge is 0.497 e. The topological polar surface area (TPSA) is 59.1 Å². The van der Waals surface area contributed by atoms with Crippen molar-refractivity contribution < 1.29 is 19.1 Å². The Morgan fingerprint density at radius 3 is 2.53 bits per heavy atom. The van der Waals surface area contributed by atoms with Crippen molar-refractivity contribution in [3.63, 3.8) is 0 Å². The first kappa shape index (κ1) is 20.7. The van der Waals surface area contributed by atoms with E-state index in [2.05, 4.69) is 0 Å². The molecular formula is C23H25ClN2O4. The molecule has 7 heteroatoms. The molecule has 158 valence electrons. The van der Waals surface area contributed by atoms with Gasteiger partial charge in [0.05, 0.1) is 26.2 Å². The van der Waals surface area contributed by atoms with Crippen molar-refractivity contribution in [2.45, 2.75) is 5.92 Å². The molecule has 0 spiro atoms. The molecule has 2 aliphatic heterocycles. The van der Waals surface area contributed by atoms with Gasteiger partial charge >= 0.3 is 0 Å². The zero-order valence-corrected chi connectivity index (χ0v) is 17.7. The van der Waals surface area contributed by atoms with Crippen LogP contribution in [-0.4, -0.2) is 68.1 Å². The summed E-state index contributed by atoms with van der Waals surface area (Å²) in [5, 5.41) is 0.519. The van der Waals surface area contributed by atoms with Gasteiger partial charge in [-0.05, 0) is 35.9 Å². The number of hydrogen-bond donors (Lipinski definition) is 0. The summed E-state index contributed by atoms with van der Waals surface area (Å²) >= 11 is 6.08. The molecule has 30 heavy (non-hydrogen) atoms. The number of benzene rings is 2. The van der Waals surface area contributed by atoms with Crippen molar-refractivity contribution in [3.8, 4) is 5.75 Å². The maximum absolute atomic E-state index is 13.4. The van der Waals surface area contributed by atoms with E-state index in [9.17, 15) is 9.59 Å². The zero-order chi connectivity index (χ0) is 21.1. The summed E-state index contributed by atoms with van der Waals surface area (Å²) in [6, 6.07) is 14.7. The summed E-state index contributed by atoms with van der Waals surface area (Å²) in [5.74, 6) is 0.303. The number of carbonyl (C=O) groups excluding carboxylic acids is 2. The number of amides is 2. The Labute approximate surface area is 181 Å². The number of halogens is 1. The number of carbonyl (C=O) groups is 2. The number of hydrogen-bond acceptors (Lipinski definition) is 4. The first-order valence-electron chi connectivity index (χ1n) is 10.1. The van der Waals surface area contributed by atoms with Crippen molar-refractivity contribution in [1.82, 2.24) is 9.80 Å². The Hall–Kier alpha value is -2.57. The van der Waals surface area contributed by atoms with Crippen molar-refractivity contribution >= 4 is 23.4 Å². The van der Waals surface area contributed by atoms with Gasteiger partial charge < -0.3 is 19.3 Å². The molecule has 2 aliphatic rings. The second kappa shape index (κ2) is 9.06. The number of nitrogens with zero attached hydrogens (tertiary/aromatic N) is 2. The molecule has 2 aromatic carbocycles. The first-order valence-corrected chi connectivity index (χ1v) is 10.5. The van der Waals surface area contributed by atoms with Gasteiger partial charge in [0.15, 0.2) is 0 Å². The third-order valence-electron chi connectivity index (χ3n) is 5.84. The van der Waals surface area contributed by atoms with Gasteiger partial charge in [-0.2, -0.15) is 0 Å². The molecule has 2 amide bonds. The molecule has 0 saturated carbocycles. The van der Waals surface area contributed by atoms with Gasteiger partial charge in [-0.3, -0.25) is 9.59 Å². The van der Waals surface area contributed by atoms with Crippen LogP contribution in [-0.2, 0) is 9.53 Å². The zero-order valence-electron chi connectivity index (χ0n) is 16.9. The van der Waals surface area contributed by atoms with E-state index in [1.807, 2.05) is 29.2 Å². The molecule has 0 radical (unpaired) electrons. The van der Waals surface area contributed by atoms with Gasteiger partial charge in [0.1, 0.15) is 5.75 Å². The van der Waals surface area contributed by atoms with Crippen LogP contribution in [0.2, 0.25) is 5.02 Å². The molecule has 4 rings (SSSR count). The molecule has 2 heterocycles. The standard InChI is InChI=1S/C23H25ClN2O4/c1-29-19-7-3-4-16(13-19)20-14-26(22(27)17-5-2-6-18(24)12-17)15-21(20)23(28)25-8-10-30-11-9-25/h2-7,12-13,20-21H,8-11,14-15H2,1H3/t20-,21-/m1/s1. The highest BCUT2D eigenvalue weighted by atomic mass is 35.5. The highest BCUT2D eigenvalue weighted by Crippen LogP contribution is 2.36. The number of rotatable bonds is 4. The van der Waals surface area contributed by atoms with Gasteiger partial charge in [-0.15, -0.1) is 0 Å². The summed E-state index contributed by atoms with van der Waals surface area (Å²) in [6.07, 6.45) is 0. The molecule has 2 saturated heterocycles. The Morgan fingerprint density at radius 1 is 1.03 bits per heavy atom. The lowest BCUT2D eigenvalue weighted by atomic mass is 9.87. The van der Waals surface area contributed by atoms with Gasteiger partial charge in [0.25, 0.3) is 5.91 Å². The van der Waals surface area contributed by atoms with Crippen LogP contribution in [0.3, 0.4) is 0 Å². The molecule has 0 N–H and O–H groups in total. The minimum atomic E-state index is -0.307. The van der Waals surface area contributed by atoms with Crippen molar-refractivity contribution in [1.29, 1.82) is 0 Å². The van der Waals surface area contributed by atoms with E-state index >= 15 is 0 Å². The Morgan fingerprint density at radius 2 is 1.80 bits per heavy atom. The van der Waals surface area contributed by atoms with E-state index in [0.717, 1.165) is 11.3 Å². The second-order valence-electron chi connectivity index (χ2n) is 7.65. The van der Waals surface area contributed by atoms with E-state index in [-0.39, 0.29) is 23.7 Å². The average molecular weight is 429 g/mol. The fraction of sp³-hybridized carbons (Fsp3) is 0.391. The summed E-state index contributed by atoms with van der Waals surface area (Å²) in [5.41, 5.74) is 1.54. The lowest BCUT2D eigenvalue weighted by molar-refractivity contribution is -0.139. The van der Waals surface area contributed by atoms with E-state index in [1.165, 1.54) is 0 Å². The minimum absolute atomic E-state index is 0.0764. The van der Waals surface area contributed by atoms with E-state index in [1.54, 1.807) is 36.3 Å². The minimum Gasteiger partial charge on any atom is -0.497 e. The van der Waals surface area contributed by atoms with Crippen LogP contribution in [0.25, 0.3) is 0 Å². The number of likely N-dealkylation sites (tertiary alicyclic amines) is 1. The third kappa shape index (κ3) is 4.30. The van der Waals surface area contributed by atoms with E-state index in [4.69, 9.17) is 21.1 Å². The predicted molar refractivity (Wildman–Crippen MR) is 114 cm³/mol. The highest BCUT2D eigenvalue weighted by molar-refractivity contribution is 6.30. The van der Waals surface area contributed by atoms with Crippen LogP contribution >= 0.6 is 11.6 Å². The fourth-order valence-electron chi connectivity index (χ4n) is 4.25. The van der Waals surface area contributed by atoms with Crippen molar-refractivity contribution in [3.05, 3.63) is 64.7 Å². The summed E-state index contributed by atoms with van der Waals surface area (Å²) < 4.78 is 10.8. The third-order valence-corrected chi connectivity index (χ3v) is 6.08. The van der Waals surface area contributed by atoms with Crippen LogP contribution < -0.4 is 4.74 Å². The lowest BCUT2D eigenvalue weighted by Gasteiger charge is -2.30. The monoisotopic (exact) mass is 428 g/mol. The second-order valence-corrected chi connectivity index (χ2v) is 8.08. The molecule has 0 aromatic heterocycles. The van der Waals surface area contributed by atoms with Crippen LogP contribution in [0.15, 0.2) is 48.5 Å². The quantitative estimate of drug-likeness (QED) is 0.751. The van der Waals surface area contributed by atoms with Gasteiger partial charge in [0, 0.05) is 42.7 Å². The molecule has 0 bridgehead atoms. The average Bonchev–Trinajstić information content (AvgIpc) is 3.24. The number of morpholine rings is 1. The molecule has 0 aliphatic carbocycles. The number of ether oxygens (including phenoxy) is 2. The molecule has 2 atom stereocenters. The molecule has 0 unspecified atom stereocenters. The summed E-state index contributed by atoms with van der Waals surface area (Å²) in [6.45, 7) is 3.12. The Balaban J connectivity index is 1.62. The van der Waals surface area contributed by atoms with Gasteiger partial charge in [-0.25, -0.2) is 0 Å². The van der Waals surface area contributed by atoms with Crippen LogP contribution in [0.1, 0.15) is 21.8 Å². The van der Waals surface area contributed by atoms with Crippen LogP contribution in [0, 0.1) is 5.92 Å². The maximum Gasteiger partial charge on any atom is 0.253 e. The number of methoxy groups -OCH3 is 1. The lowest BCUT2D eigenvalue weighted by Crippen LogP contribution is -2.45. The Kier molecular flexibility index (Phi) is 6.25. The highest BCUT2D eigenvalue weighted by Gasteiger charge is 2.42.